The molecule has 6 nitrogen and oxygen atoms in total. The van der Waals surface area contributed by atoms with Gasteiger partial charge in [-0.1, -0.05) is 12.1 Å². The normalized spacial score (nSPS) is 11.0. The highest BCUT2D eigenvalue weighted by molar-refractivity contribution is 6.11. The molecule has 2 N–H and O–H groups in total. The lowest BCUT2D eigenvalue weighted by Crippen LogP contribution is -2.02. The van der Waals surface area contributed by atoms with Crippen LogP contribution in [0.25, 0.3) is 12.2 Å². The Labute approximate surface area is 157 Å². The molecular weight excluding hydrogens is 348 g/mol. The summed E-state index contributed by atoms with van der Waals surface area (Å²) in [6.07, 6.45) is 5.31. The fourth-order valence-electron chi connectivity index (χ4n) is 2.31. The summed E-state index contributed by atoms with van der Waals surface area (Å²) < 4.78 is 10.1. The molecule has 0 aliphatic carbocycles. The number of allylic oxidation sites excluding steroid dienone is 2. The van der Waals surface area contributed by atoms with E-state index in [-0.39, 0.29) is 29.5 Å². The maximum Gasteiger partial charge on any atom is 0.163 e. The third-order valence-corrected chi connectivity index (χ3v) is 3.68. The van der Waals surface area contributed by atoms with E-state index < -0.39 is 0 Å². The van der Waals surface area contributed by atoms with Gasteiger partial charge in [0, 0.05) is 5.56 Å². The van der Waals surface area contributed by atoms with Crippen molar-refractivity contribution in [2.45, 2.75) is 6.42 Å². The molecule has 2 aromatic carbocycles. The molecule has 0 fully saturated rings. The van der Waals surface area contributed by atoms with Crippen LogP contribution in [0.4, 0.5) is 0 Å². The SMILES string of the molecule is COc1cc(C=CC(=O)CC(=O)C=Cc2cc(O)ccc2OC)ccc1O. The molecule has 2 aromatic rings. The van der Waals surface area contributed by atoms with Crippen LogP contribution in [0.15, 0.2) is 48.6 Å². The van der Waals surface area contributed by atoms with Crippen molar-refractivity contribution < 1.29 is 29.3 Å². The van der Waals surface area contributed by atoms with Crippen LogP contribution in [-0.2, 0) is 9.59 Å². The van der Waals surface area contributed by atoms with E-state index in [2.05, 4.69) is 0 Å². The second kappa shape index (κ2) is 9.24. The number of phenols is 2. The zero-order valence-corrected chi connectivity index (χ0v) is 15.0. The molecule has 2 rings (SSSR count). The molecule has 0 atom stereocenters. The predicted molar refractivity (Wildman–Crippen MR) is 102 cm³/mol. The van der Waals surface area contributed by atoms with E-state index >= 15 is 0 Å². The van der Waals surface area contributed by atoms with Crippen molar-refractivity contribution in [3.8, 4) is 23.0 Å². The number of carbonyl (C=O) groups excluding carboxylic acids is 2. The summed E-state index contributed by atoms with van der Waals surface area (Å²) in [5.74, 6) is 0.112. The summed E-state index contributed by atoms with van der Waals surface area (Å²) in [5.41, 5.74) is 1.19. The Kier molecular flexibility index (Phi) is 6.77. The summed E-state index contributed by atoms with van der Waals surface area (Å²) in [5, 5.41) is 19.1. The maximum atomic E-state index is 12.0. The third kappa shape index (κ3) is 5.74. The highest BCUT2D eigenvalue weighted by atomic mass is 16.5. The average molecular weight is 368 g/mol. The minimum absolute atomic E-state index is 0.00340. The van der Waals surface area contributed by atoms with Crippen molar-refractivity contribution in [1.82, 2.24) is 0 Å². The lowest BCUT2D eigenvalue weighted by molar-refractivity contribution is -0.121. The predicted octanol–water partition coefficient (Wildman–Crippen LogP) is 3.37. The zero-order chi connectivity index (χ0) is 19.8. The maximum absolute atomic E-state index is 12.0. The fourth-order valence-corrected chi connectivity index (χ4v) is 2.31. The molecule has 0 heterocycles. The summed E-state index contributed by atoms with van der Waals surface area (Å²) in [6, 6.07) is 9.18. The quantitative estimate of drug-likeness (QED) is 0.548. The van der Waals surface area contributed by atoms with Gasteiger partial charge in [0.05, 0.1) is 20.6 Å². The van der Waals surface area contributed by atoms with E-state index in [1.165, 1.54) is 50.6 Å². The summed E-state index contributed by atoms with van der Waals surface area (Å²) in [4.78, 5) is 23.9. The molecule has 0 radical (unpaired) electrons. The van der Waals surface area contributed by atoms with E-state index in [0.717, 1.165) is 0 Å². The van der Waals surface area contributed by atoms with E-state index in [0.29, 0.717) is 22.6 Å². The first-order valence-corrected chi connectivity index (χ1v) is 8.08. The monoisotopic (exact) mass is 368 g/mol. The topological polar surface area (TPSA) is 93.1 Å². The van der Waals surface area contributed by atoms with E-state index in [1.54, 1.807) is 24.3 Å². The van der Waals surface area contributed by atoms with Crippen molar-refractivity contribution in [2.75, 3.05) is 14.2 Å². The standard InChI is InChI=1S/C21H20O6/c1-26-20-10-8-16(22)12-15(20)5-7-18(24)13-17(23)6-3-14-4-9-19(25)21(11-14)27-2/h3-12,22,25H,13H2,1-2H3. The minimum Gasteiger partial charge on any atom is -0.508 e. The summed E-state index contributed by atoms with van der Waals surface area (Å²) >= 11 is 0. The smallest absolute Gasteiger partial charge is 0.163 e. The van der Waals surface area contributed by atoms with Gasteiger partial charge >= 0.3 is 0 Å². The van der Waals surface area contributed by atoms with Gasteiger partial charge in [0.2, 0.25) is 0 Å². The molecule has 0 spiro atoms. The van der Waals surface area contributed by atoms with Crippen LogP contribution in [0.2, 0.25) is 0 Å². The van der Waals surface area contributed by atoms with Gasteiger partial charge < -0.3 is 19.7 Å². The average Bonchev–Trinajstić information content (AvgIpc) is 2.65. The van der Waals surface area contributed by atoms with Gasteiger partial charge in [-0.3, -0.25) is 9.59 Å². The molecule has 0 saturated heterocycles. The van der Waals surface area contributed by atoms with Crippen LogP contribution in [0.3, 0.4) is 0 Å². The lowest BCUT2D eigenvalue weighted by Gasteiger charge is -2.04. The number of hydrogen-bond donors (Lipinski definition) is 2. The first-order chi connectivity index (χ1) is 12.9. The van der Waals surface area contributed by atoms with Crippen LogP contribution in [0.5, 0.6) is 23.0 Å². The van der Waals surface area contributed by atoms with Gasteiger partial charge in [-0.2, -0.15) is 0 Å². The third-order valence-electron chi connectivity index (χ3n) is 3.68. The van der Waals surface area contributed by atoms with Crippen molar-refractivity contribution in [2.24, 2.45) is 0 Å². The van der Waals surface area contributed by atoms with Gasteiger partial charge in [0.15, 0.2) is 23.1 Å². The van der Waals surface area contributed by atoms with Crippen LogP contribution in [-0.4, -0.2) is 36.0 Å². The number of rotatable bonds is 8. The minimum atomic E-state index is -0.377. The van der Waals surface area contributed by atoms with Gasteiger partial charge in [-0.15, -0.1) is 0 Å². The molecule has 0 amide bonds. The lowest BCUT2D eigenvalue weighted by atomic mass is 10.1. The molecular formula is C21H20O6. The highest BCUT2D eigenvalue weighted by Gasteiger charge is 2.06. The van der Waals surface area contributed by atoms with Crippen molar-refractivity contribution in [3.05, 3.63) is 59.7 Å². The number of aromatic hydroxyl groups is 2. The number of ether oxygens (including phenoxy) is 2. The van der Waals surface area contributed by atoms with Crippen molar-refractivity contribution in [3.63, 3.8) is 0 Å². The number of benzene rings is 2. The fraction of sp³-hybridized carbons (Fsp3) is 0.143. The molecule has 6 heteroatoms. The second-order valence-corrected chi connectivity index (χ2v) is 5.63. The van der Waals surface area contributed by atoms with Gasteiger partial charge in [0.25, 0.3) is 0 Å². The Balaban J connectivity index is 1.99. The molecule has 0 saturated carbocycles. The van der Waals surface area contributed by atoms with E-state index in [9.17, 15) is 19.8 Å². The first kappa shape index (κ1) is 19.8. The van der Waals surface area contributed by atoms with E-state index in [1.807, 2.05) is 0 Å². The number of phenolic OH excluding ortho intramolecular Hbond substituents is 2. The highest BCUT2D eigenvalue weighted by Crippen LogP contribution is 2.27. The van der Waals surface area contributed by atoms with Gasteiger partial charge in [-0.25, -0.2) is 0 Å². The van der Waals surface area contributed by atoms with Gasteiger partial charge in [-0.05, 0) is 54.1 Å². The Hall–Kier alpha value is -3.54. The van der Waals surface area contributed by atoms with Crippen molar-refractivity contribution in [1.29, 1.82) is 0 Å². The Morgan fingerprint density at radius 3 is 2.22 bits per heavy atom. The number of carbonyl (C=O) groups is 2. The van der Waals surface area contributed by atoms with Gasteiger partial charge in [0.1, 0.15) is 11.5 Å². The molecule has 0 bridgehead atoms. The number of hydrogen-bond acceptors (Lipinski definition) is 6. The number of ketones is 2. The first-order valence-electron chi connectivity index (χ1n) is 8.08. The Morgan fingerprint density at radius 2 is 1.56 bits per heavy atom. The largest absolute Gasteiger partial charge is 0.508 e. The molecule has 27 heavy (non-hydrogen) atoms. The van der Waals surface area contributed by atoms with Crippen LogP contribution in [0, 0.1) is 0 Å². The number of methoxy groups -OCH3 is 2. The molecule has 0 aliphatic heterocycles. The van der Waals surface area contributed by atoms with Crippen LogP contribution < -0.4 is 9.47 Å². The molecule has 0 aromatic heterocycles. The Bertz CT molecular complexity index is 896. The summed E-state index contributed by atoms with van der Waals surface area (Å²) in [7, 11) is 2.92. The van der Waals surface area contributed by atoms with Crippen molar-refractivity contribution >= 4 is 23.7 Å². The molecule has 140 valence electrons. The van der Waals surface area contributed by atoms with Crippen LogP contribution in [0.1, 0.15) is 17.5 Å². The molecule has 0 aliphatic rings. The van der Waals surface area contributed by atoms with E-state index in [4.69, 9.17) is 9.47 Å². The Morgan fingerprint density at radius 1 is 0.889 bits per heavy atom. The zero-order valence-electron chi connectivity index (χ0n) is 15.0. The summed E-state index contributed by atoms with van der Waals surface area (Å²) in [6.45, 7) is 0. The second-order valence-electron chi connectivity index (χ2n) is 5.63. The molecule has 0 unspecified atom stereocenters. The van der Waals surface area contributed by atoms with Crippen LogP contribution >= 0.6 is 0 Å².